The molecule has 2 aliphatic rings. The predicted octanol–water partition coefficient (Wildman–Crippen LogP) is 2.05. The van der Waals surface area contributed by atoms with Crippen molar-refractivity contribution in [2.45, 2.75) is 58.1 Å². The zero-order valence-corrected chi connectivity index (χ0v) is 13.7. The van der Waals surface area contributed by atoms with Gasteiger partial charge in [-0.3, -0.25) is 14.9 Å². The zero-order chi connectivity index (χ0) is 16.1. The van der Waals surface area contributed by atoms with Gasteiger partial charge in [-0.2, -0.15) is 0 Å². The maximum atomic E-state index is 12.5. The van der Waals surface area contributed by atoms with E-state index >= 15 is 0 Å². The van der Waals surface area contributed by atoms with Gasteiger partial charge in [-0.1, -0.05) is 6.92 Å². The van der Waals surface area contributed by atoms with Crippen LogP contribution >= 0.6 is 0 Å². The van der Waals surface area contributed by atoms with Crippen molar-refractivity contribution < 1.29 is 14.7 Å². The monoisotopic (exact) mass is 313 g/mol. The number of piperidine rings is 1. The van der Waals surface area contributed by atoms with Crippen LogP contribution in [0.15, 0.2) is 0 Å². The summed E-state index contributed by atoms with van der Waals surface area (Å²) < 4.78 is 5.53. The summed E-state index contributed by atoms with van der Waals surface area (Å²) in [5.41, 5.74) is 0. The highest BCUT2D eigenvalue weighted by molar-refractivity contribution is 5.83. The molecule has 1 aliphatic carbocycles. The van der Waals surface area contributed by atoms with Gasteiger partial charge >= 0.3 is 0 Å². The number of nitrogens with zero attached hydrogens (tertiary/aromatic N) is 2. The molecule has 1 N–H and O–H groups in total. The van der Waals surface area contributed by atoms with Gasteiger partial charge in [0.1, 0.15) is 5.78 Å². The lowest BCUT2D eigenvalue weighted by Crippen LogP contribution is -2.48. The number of carbonyl (C=O) groups is 1. The second kappa shape index (κ2) is 8.36. The maximum Gasteiger partial charge on any atom is 0.149 e. The van der Waals surface area contributed by atoms with Gasteiger partial charge in [0.2, 0.25) is 0 Å². The van der Waals surface area contributed by atoms with Crippen LogP contribution in [0.1, 0.15) is 46.0 Å². The van der Waals surface area contributed by atoms with Crippen LogP contribution in [0.25, 0.3) is 0 Å². The average molecular weight is 313 g/mol. The molecular weight excluding hydrogens is 284 g/mol. The number of carbonyl (C=O) groups excluding carboxylic acids is 1. The standard InChI is InChI=1S/C16H29N2O4/c1-3-22-16-7-6-13(9-14(16)18(20)21)15(19)11-17-8-4-5-12(2)10-17/h12-14,16,20H,3-11H2,1-2H3/q-1. The van der Waals surface area contributed by atoms with Crippen molar-refractivity contribution in [1.29, 1.82) is 0 Å². The molecule has 0 spiro atoms. The number of hydroxylamine groups is 2. The van der Waals surface area contributed by atoms with Crippen molar-refractivity contribution in [2.24, 2.45) is 11.8 Å². The second-order valence-electron chi connectivity index (χ2n) is 6.82. The van der Waals surface area contributed by atoms with E-state index in [1.54, 1.807) is 0 Å². The summed E-state index contributed by atoms with van der Waals surface area (Å²) in [5.74, 6) is 0.719. The third kappa shape index (κ3) is 4.73. The highest BCUT2D eigenvalue weighted by Crippen LogP contribution is 2.30. The number of likely N-dealkylation sites (tertiary alicyclic amines) is 1. The molecule has 2 rings (SSSR count). The molecule has 4 atom stereocenters. The van der Waals surface area contributed by atoms with Gasteiger partial charge in [0.15, 0.2) is 0 Å². The molecule has 6 nitrogen and oxygen atoms in total. The van der Waals surface area contributed by atoms with Crippen LogP contribution in [-0.2, 0) is 9.53 Å². The van der Waals surface area contributed by atoms with Crippen molar-refractivity contribution in [3.63, 3.8) is 0 Å². The molecule has 128 valence electrons. The van der Waals surface area contributed by atoms with Crippen LogP contribution in [-0.4, -0.2) is 59.5 Å². The van der Waals surface area contributed by atoms with Gasteiger partial charge in [0.05, 0.1) is 12.6 Å². The fraction of sp³-hybridized carbons (Fsp3) is 0.938. The first-order valence-corrected chi connectivity index (χ1v) is 8.53. The summed E-state index contributed by atoms with van der Waals surface area (Å²) in [6, 6.07) is -0.622. The topological polar surface area (TPSA) is 76.1 Å². The Balaban J connectivity index is 1.87. The van der Waals surface area contributed by atoms with Crippen molar-refractivity contribution in [1.82, 2.24) is 10.1 Å². The van der Waals surface area contributed by atoms with E-state index in [0.29, 0.717) is 31.9 Å². The second-order valence-corrected chi connectivity index (χ2v) is 6.82. The third-order valence-corrected chi connectivity index (χ3v) is 5.00. The molecule has 4 unspecified atom stereocenters. The largest absolute Gasteiger partial charge is 0.762 e. The summed E-state index contributed by atoms with van der Waals surface area (Å²) >= 11 is 0. The van der Waals surface area contributed by atoms with Gasteiger partial charge in [-0.15, -0.1) is 0 Å². The molecule has 0 aromatic carbocycles. The summed E-state index contributed by atoms with van der Waals surface area (Å²) in [4.78, 5) is 14.8. The number of ketones is 1. The molecular formula is C16H29N2O4-. The SMILES string of the molecule is CCOC1CCC(C(=O)CN2CCCC(C)C2)CC1N([O-])O. The molecule has 22 heavy (non-hydrogen) atoms. The molecule has 6 heteroatoms. The van der Waals surface area contributed by atoms with Gasteiger partial charge < -0.3 is 15.2 Å². The van der Waals surface area contributed by atoms with E-state index in [1.807, 2.05) is 6.92 Å². The fourth-order valence-electron chi connectivity index (χ4n) is 3.83. The number of rotatable bonds is 6. The van der Waals surface area contributed by atoms with E-state index in [0.717, 1.165) is 25.9 Å². The van der Waals surface area contributed by atoms with Crippen LogP contribution in [0.3, 0.4) is 0 Å². The molecule has 2 fully saturated rings. The van der Waals surface area contributed by atoms with Crippen molar-refractivity contribution in [3.05, 3.63) is 5.21 Å². The Morgan fingerprint density at radius 1 is 1.41 bits per heavy atom. The molecule has 0 amide bonds. The van der Waals surface area contributed by atoms with E-state index in [1.165, 1.54) is 6.42 Å². The zero-order valence-electron chi connectivity index (χ0n) is 13.7. The van der Waals surface area contributed by atoms with E-state index in [2.05, 4.69) is 11.8 Å². The third-order valence-electron chi connectivity index (χ3n) is 5.00. The van der Waals surface area contributed by atoms with Crippen LogP contribution in [0.5, 0.6) is 0 Å². The smallest absolute Gasteiger partial charge is 0.149 e. The minimum Gasteiger partial charge on any atom is -0.762 e. The molecule has 1 heterocycles. The number of hydrogen-bond donors (Lipinski definition) is 1. The number of hydrogen-bond acceptors (Lipinski definition) is 6. The maximum absolute atomic E-state index is 12.5. The number of Topliss-reactive ketones (excluding diaryl/α,β-unsaturated/α-hetero) is 1. The lowest BCUT2D eigenvalue weighted by Gasteiger charge is -2.42. The minimum absolute atomic E-state index is 0.0112. The number of ether oxygens (including phenoxy) is 1. The minimum atomic E-state index is -0.622. The molecule has 1 saturated carbocycles. The molecule has 1 aliphatic heterocycles. The van der Waals surface area contributed by atoms with Crippen LogP contribution < -0.4 is 0 Å². The van der Waals surface area contributed by atoms with Gasteiger partial charge in [0, 0.05) is 25.1 Å². The van der Waals surface area contributed by atoms with E-state index in [-0.39, 0.29) is 23.0 Å². The first kappa shape index (κ1) is 17.8. The summed E-state index contributed by atoms with van der Waals surface area (Å²) in [6.07, 6.45) is 3.92. The lowest BCUT2D eigenvalue weighted by atomic mass is 9.81. The summed E-state index contributed by atoms with van der Waals surface area (Å²) in [7, 11) is 0. The quantitative estimate of drug-likeness (QED) is 0.756. The Bertz CT molecular complexity index is 364. The molecule has 0 radical (unpaired) electrons. The van der Waals surface area contributed by atoms with Gasteiger partial charge in [0.25, 0.3) is 0 Å². The van der Waals surface area contributed by atoms with E-state index < -0.39 is 6.04 Å². The normalized spacial score (nSPS) is 34.0. The van der Waals surface area contributed by atoms with Gasteiger partial charge in [-0.25, -0.2) is 0 Å². The Labute approximate surface area is 132 Å². The van der Waals surface area contributed by atoms with Crippen LogP contribution in [0.2, 0.25) is 0 Å². The van der Waals surface area contributed by atoms with E-state index in [4.69, 9.17) is 4.74 Å². The lowest BCUT2D eigenvalue weighted by molar-refractivity contribution is -0.152. The average Bonchev–Trinajstić information content (AvgIpc) is 2.47. The first-order chi connectivity index (χ1) is 10.5. The molecule has 0 bridgehead atoms. The molecule has 1 saturated heterocycles. The van der Waals surface area contributed by atoms with Gasteiger partial charge in [-0.05, 0) is 51.5 Å². The predicted molar refractivity (Wildman–Crippen MR) is 83.4 cm³/mol. The van der Waals surface area contributed by atoms with Crippen molar-refractivity contribution >= 4 is 5.78 Å². The van der Waals surface area contributed by atoms with Crippen LogP contribution in [0.4, 0.5) is 0 Å². The Morgan fingerprint density at radius 3 is 2.82 bits per heavy atom. The van der Waals surface area contributed by atoms with Crippen molar-refractivity contribution in [2.75, 3.05) is 26.2 Å². The fourth-order valence-corrected chi connectivity index (χ4v) is 3.83. The highest BCUT2D eigenvalue weighted by Gasteiger charge is 2.35. The Kier molecular flexibility index (Phi) is 6.77. The Hall–Kier alpha value is -0.530. The van der Waals surface area contributed by atoms with Crippen molar-refractivity contribution in [3.8, 4) is 0 Å². The molecule has 0 aromatic heterocycles. The summed E-state index contributed by atoms with van der Waals surface area (Å²) in [5, 5.41) is 20.7. The highest BCUT2D eigenvalue weighted by atomic mass is 16.8. The Morgan fingerprint density at radius 2 is 2.18 bits per heavy atom. The first-order valence-electron chi connectivity index (χ1n) is 8.53. The molecule has 0 aromatic rings. The van der Waals surface area contributed by atoms with E-state index in [9.17, 15) is 15.2 Å². The van der Waals surface area contributed by atoms with Crippen LogP contribution in [0, 0.1) is 17.0 Å². The summed E-state index contributed by atoms with van der Waals surface area (Å²) in [6.45, 7) is 7.06.